The zero-order valence-electron chi connectivity index (χ0n) is 15.9. The van der Waals surface area contributed by atoms with Gasteiger partial charge in [0.2, 0.25) is 0 Å². The molecule has 5 heteroatoms. The molecule has 5 nitrogen and oxygen atoms in total. The maximum Gasteiger partial charge on any atom is 0.338 e. The summed E-state index contributed by atoms with van der Waals surface area (Å²) in [6.07, 6.45) is 1.34. The van der Waals surface area contributed by atoms with Crippen molar-refractivity contribution < 1.29 is 23.9 Å². The number of carbonyl (C=O) groups is 3. The van der Waals surface area contributed by atoms with Crippen molar-refractivity contribution in [3.05, 3.63) is 59.7 Å². The third-order valence-electron chi connectivity index (χ3n) is 4.41. The van der Waals surface area contributed by atoms with E-state index in [1.807, 2.05) is 43.3 Å². The van der Waals surface area contributed by atoms with Gasteiger partial charge in [0.05, 0.1) is 19.8 Å². The van der Waals surface area contributed by atoms with Crippen LogP contribution in [0.4, 0.5) is 0 Å². The SMILES string of the molecule is CCCC(=O)C(Cc1ccc(-c2ccccc2C(=O)OC)cc1)C(=O)OC. The molecule has 27 heavy (non-hydrogen) atoms. The predicted octanol–water partition coefficient (Wildman–Crippen LogP) is 3.84. The van der Waals surface area contributed by atoms with E-state index >= 15 is 0 Å². The molecule has 0 saturated heterocycles. The van der Waals surface area contributed by atoms with Crippen LogP contribution in [-0.4, -0.2) is 31.9 Å². The van der Waals surface area contributed by atoms with Crippen molar-refractivity contribution in [1.82, 2.24) is 0 Å². The molecule has 1 unspecified atom stereocenters. The second-order valence-corrected chi connectivity index (χ2v) is 6.23. The van der Waals surface area contributed by atoms with E-state index in [-0.39, 0.29) is 5.78 Å². The fourth-order valence-electron chi connectivity index (χ4n) is 2.97. The third-order valence-corrected chi connectivity index (χ3v) is 4.41. The van der Waals surface area contributed by atoms with E-state index in [2.05, 4.69) is 0 Å². The fourth-order valence-corrected chi connectivity index (χ4v) is 2.97. The number of carbonyl (C=O) groups excluding carboxylic acids is 3. The van der Waals surface area contributed by atoms with E-state index in [0.717, 1.165) is 16.7 Å². The molecule has 2 rings (SSSR count). The quantitative estimate of drug-likeness (QED) is 0.523. The lowest BCUT2D eigenvalue weighted by Crippen LogP contribution is -2.27. The van der Waals surface area contributed by atoms with Crippen LogP contribution in [0.2, 0.25) is 0 Å². The van der Waals surface area contributed by atoms with E-state index in [0.29, 0.717) is 24.8 Å². The minimum absolute atomic E-state index is 0.107. The summed E-state index contributed by atoms with van der Waals surface area (Å²) in [6, 6.07) is 14.7. The van der Waals surface area contributed by atoms with Gasteiger partial charge >= 0.3 is 11.9 Å². The molecule has 0 radical (unpaired) electrons. The Morgan fingerprint density at radius 2 is 1.59 bits per heavy atom. The second kappa shape index (κ2) is 9.67. The largest absolute Gasteiger partial charge is 0.468 e. The highest BCUT2D eigenvalue weighted by Gasteiger charge is 2.26. The summed E-state index contributed by atoms with van der Waals surface area (Å²) in [6.45, 7) is 1.90. The van der Waals surface area contributed by atoms with Crippen molar-refractivity contribution in [1.29, 1.82) is 0 Å². The molecule has 0 saturated carbocycles. The number of hydrogen-bond acceptors (Lipinski definition) is 5. The van der Waals surface area contributed by atoms with E-state index in [9.17, 15) is 14.4 Å². The van der Waals surface area contributed by atoms with Gasteiger partial charge in [-0.3, -0.25) is 9.59 Å². The minimum atomic E-state index is -0.789. The smallest absolute Gasteiger partial charge is 0.338 e. The van der Waals surface area contributed by atoms with Gasteiger partial charge in [-0.15, -0.1) is 0 Å². The molecular formula is C22H24O5. The summed E-state index contributed by atoms with van der Waals surface area (Å²) >= 11 is 0. The Morgan fingerprint density at radius 1 is 0.926 bits per heavy atom. The van der Waals surface area contributed by atoms with Gasteiger partial charge in [-0.1, -0.05) is 49.4 Å². The van der Waals surface area contributed by atoms with Crippen molar-refractivity contribution in [3.63, 3.8) is 0 Å². The Balaban J connectivity index is 2.26. The lowest BCUT2D eigenvalue weighted by Gasteiger charge is -2.14. The number of methoxy groups -OCH3 is 2. The summed E-state index contributed by atoms with van der Waals surface area (Å²) in [5.41, 5.74) is 2.96. The van der Waals surface area contributed by atoms with Crippen LogP contribution in [0.5, 0.6) is 0 Å². The Kier molecular flexibility index (Phi) is 7.29. The maximum atomic E-state index is 12.2. The summed E-state index contributed by atoms with van der Waals surface area (Å²) in [5, 5.41) is 0. The number of hydrogen-bond donors (Lipinski definition) is 0. The second-order valence-electron chi connectivity index (χ2n) is 6.23. The highest BCUT2D eigenvalue weighted by Crippen LogP contribution is 2.25. The highest BCUT2D eigenvalue weighted by molar-refractivity contribution is 5.99. The molecule has 0 heterocycles. The molecule has 2 aromatic carbocycles. The number of benzene rings is 2. The first-order valence-corrected chi connectivity index (χ1v) is 8.89. The molecule has 0 fully saturated rings. The molecule has 0 N–H and O–H groups in total. The fraction of sp³-hybridized carbons (Fsp3) is 0.318. The van der Waals surface area contributed by atoms with Crippen LogP contribution in [0, 0.1) is 5.92 Å². The number of ether oxygens (including phenoxy) is 2. The van der Waals surface area contributed by atoms with E-state index in [4.69, 9.17) is 9.47 Å². The average Bonchev–Trinajstić information content (AvgIpc) is 2.71. The number of ketones is 1. The van der Waals surface area contributed by atoms with Gasteiger partial charge in [0, 0.05) is 6.42 Å². The van der Waals surface area contributed by atoms with Gasteiger partial charge < -0.3 is 9.47 Å². The van der Waals surface area contributed by atoms with Crippen molar-refractivity contribution in [3.8, 4) is 11.1 Å². The molecule has 0 aliphatic carbocycles. The number of esters is 2. The molecular weight excluding hydrogens is 344 g/mol. The van der Waals surface area contributed by atoms with Crippen molar-refractivity contribution >= 4 is 17.7 Å². The maximum absolute atomic E-state index is 12.2. The molecule has 0 aromatic heterocycles. The molecule has 0 aliphatic heterocycles. The van der Waals surface area contributed by atoms with Gasteiger partial charge in [-0.05, 0) is 35.6 Å². The van der Waals surface area contributed by atoms with Crippen LogP contribution in [0.25, 0.3) is 11.1 Å². The highest BCUT2D eigenvalue weighted by atomic mass is 16.5. The van der Waals surface area contributed by atoms with Gasteiger partial charge in [-0.2, -0.15) is 0 Å². The number of rotatable bonds is 8. The predicted molar refractivity (Wildman–Crippen MR) is 102 cm³/mol. The molecule has 0 bridgehead atoms. The van der Waals surface area contributed by atoms with Crippen molar-refractivity contribution in [2.24, 2.45) is 5.92 Å². The lowest BCUT2D eigenvalue weighted by atomic mass is 9.91. The van der Waals surface area contributed by atoms with Gasteiger partial charge in [0.15, 0.2) is 0 Å². The number of Topliss-reactive ketones (excluding diaryl/α,β-unsaturated/α-hetero) is 1. The average molecular weight is 368 g/mol. The van der Waals surface area contributed by atoms with Crippen molar-refractivity contribution in [2.45, 2.75) is 26.2 Å². The van der Waals surface area contributed by atoms with Gasteiger partial charge in [0.25, 0.3) is 0 Å². The van der Waals surface area contributed by atoms with Gasteiger partial charge in [-0.25, -0.2) is 4.79 Å². The van der Waals surface area contributed by atoms with E-state index < -0.39 is 17.9 Å². The summed E-state index contributed by atoms with van der Waals surface area (Å²) in [5.74, 6) is -1.80. The Bertz CT molecular complexity index is 808. The zero-order chi connectivity index (χ0) is 19.8. The lowest BCUT2D eigenvalue weighted by molar-refractivity contribution is -0.149. The molecule has 2 aromatic rings. The summed E-state index contributed by atoms with van der Waals surface area (Å²) in [4.78, 5) is 36.2. The van der Waals surface area contributed by atoms with Crippen LogP contribution in [0.3, 0.4) is 0 Å². The summed E-state index contributed by atoms with van der Waals surface area (Å²) in [7, 11) is 2.64. The molecule has 0 amide bonds. The van der Waals surface area contributed by atoms with Crippen LogP contribution in [0.1, 0.15) is 35.7 Å². The normalized spacial score (nSPS) is 11.5. The van der Waals surface area contributed by atoms with Gasteiger partial charge in [0.1, 0.15) is 11.7 Å². The first-order chi connectivity index (χ1) is 13.0. The van der Waals surface area contributed by atoms with E-state index in [1.165, 1.54) is 14.2 Å². The molecule has 1 atom stereocenters. The monoisotopic (exact) mass is 368 g/mol. The molecule has 0 aliphatic rings. The van der Waals surface area contributed by atoms with Crippen LogP contribution < -0.4 is 0 Å². The first-order valence-electron chi connectivity index (χ1n) is 8.89. The summed E-state index contributed by atoms with van der Waals surface area (Å²) < 4.78 is 9.62. The van der Waals surface area contributed by atoms with Crippen LogP contribution in [-0.2, 0) is 25.5 Å². The minimum Gasteiger partial charge on any atom is -0.468 e. The van der Waals surface area contributed by atoms with Crippen molar-refractivity contribution in [2.75, 3.05) is 14.2 Å². The Hall–Kier alpha value is -2.95. The first kappa shape index (κ1) is 20.4. The standard InChI is InChI=1S/C22H24O5/c1-4-7-20(23)19(22(25)27-3)14-15-10-12-16(13-11-15)17-8-5-6-9-18(17)21(24)26-2/h5-6,8-13,19H,4,7,14H2,1-3H3. The molecule has 0 spiro atoms. The zero-order valence-corrected chi connectivity index (χ0v) is 15.9. The third kappa shape index (κ3) is 5.03. The molecule has 142 valence electrons. The van der Waals surface area contributed by atoms with Crippen LogP contribution >= 0.6 is 0 Å². The van der Waals surface area contributed by atoms with Crippen LogP contribution in [0.15, 0.2) is 48.5 Å². The Morgan fingerprint density at radius 3 is 2.19 bits per heavy atom. The Labute approximate surface area is 159 Å². The van der Waals surface area contributed by atoms with E-state index in [1.54, 1.807) is 12.1 Å². The topological polar surface area (TPSA) is 69.7 Å².